The number of carboxylic acids is 1. The van der Waals surface area contributed by atoms with Gasteiger partial charge in [0.25, 0.3) is 0 Å². The molecule has 0 saturated heterocycles. The predicted octanol–water partition coefficient (Wildman–Crippen LogP) is 2.73. The number of hydrogen-bond acceptors (Lipinski definition) is 2. The first-order valence-corrected chi connectivity index (χ1v) is 7.51. The maximum absolute atomic E-state index is 12.6. The van der Waals surface area contributed by atoms with Crippen molar-refractivity contribution in [3.8, 4) is 0 Å². The molecular weight excluding hydrogens is 280 g/mol. The van der Waals surface area contributed by atoms with Crippen molar-refractivity contribution < 1.29 is 14.7 Å². The molecule has 118 valence electrons. The van der Waals surface area contributed by atoms with Crippen molar-refractivity contribution in [1.29, 1.82) is 0 Å². The number of rotatable bonds is 6. The number of carbonyl (C=O) groups excluding carboxylic acids is 1. The van der Waals surface area contributed by atoms with Crippen LogP contribution in [0.25, 0.3) is 10.9 Å². The van der Waals surface area contributed by atoms with Gasteiger partial charge in [-0.1, -0.05) is 25.1 Å². The molecule has 1 heterocycles. The highest BCUT2D eigenvalue weighted by Gasteiger charge is 2.23. The molecule has 1 amide bonds. The highest BCUT2D eigenvalue weighted by atomic mass is 16.4. The molecule has 1 atom stereocenters. The zero-order valence-corrected chi connectivity index (χ0v) is 13.2. The zero-order valence-electron chi connectivity index (χ0n) is 13.2. The lowest BCUT2D eigenvalue weighted by Gasteiger charge is -2.27. The van der Waals surface area contributed by atoms with Crippen molar-refractivity contribution in [3.05, 3.63) is 35.5 Å². The number of aliphatic carboxylic acids is 1. The van der Waals surface area contributed by atoms with Gasteiger partial charge in [0.1, 0.15) is 6.54 Å². The summed E-state index contributed by atoms with van der Waals surface area (Å²) in [6.45, 7) is 5.51. The summed E-state index contributed by atoms with van der Waals surface area (Å²) < 4.78 is 0. The maximum atomic E-state index is 12.6. The summed E-state index contributed by atoms with van der Waals surface area (Å²) in [4.78, 5) is 28.3. The van der Waals surface area contributed by atoms with Gasteiger partial charge in [0.2, 0.25) is 5.91 Å². The summed E-state index contributed by atoms with van der Waals surface area (Å²) in [6.07, 6.45) is 0.944. The molecule has 1 unspecified atom stereocenters. The Morgan fingerprint density at radius 2 is 2.00 bits per heavy atom. The van der Waals surface area contributed by atoms with Crippen LogP contribution >= 0.6 is 0 Å². The number of amides is 1. The number of aryl methyl sites for hydroxylation is 1. The molecule has 1 aromatic heterocycles. The fraction of sp³-hybridized carbons (Fsp3) is 0.412. The number of carboxylic acid groups (broad SMARTS) is 1. The molecule has 0 bridgehead atoms. The largest absolute Gasteiger partial charge is 0.480 e. The molecule has 0 spiro atoms. The molecule has 0 aliphatic rings. The molecular formula is C17H22N2O3. The van der Waals surface area contributed by atoms with Crippen LogP contribution in [-0.4, -0.2) is 39.5 Å². The highest BCUT2D eigenvalue weighted by Crippen LogP contribution is 2.23. The lowest BCUT2D eigenvalue weighted by molar-refractivity contribution is -0.145. The van der Waals surface area contributed by atoms with Crippen LogP contribution in [-0.2, 0) is 16.0 Å². The molecule has 5 heteroatoms. The van der Waals surface area contributed by atoms with E-state index in [0.717, 1.165) is 28.6 Å². The Bertz CT molecular complexity index is 690. The minimum absolute atomic E-state index is 0.0888. The molecule has 2 rings (SSSR count). The third kappa shape index (κ3) is 3.30. The normalized spacial score (nSPS) is 12.3. The second-order valence-electron chi connectivity index (χ2n) is 5.62. The molecule has 0 aliphatic heterocycles. The van der Waals surface area contributed by atoms with Crippen molar-refractivity contribution in [2.75, 3.05) is 6.54 Å². The number of H-pyrrole nitrogens is 1. The molecule has 2 aromatic rings. The fourth-order valence-corrected chi connectivity index (χ4v) is 2.67. The summed E-state index contributed by atoms with van der Waals surface area (Å²) in [5.74, 6) is -1.13. The Kier molecular flexibility index (Phi) is 4.85. The summed E-state index contributed by atoms with van der Waals surface area (Å²) >= 11 is 0. The Hall–Kier alpha value is -2.30. The number of aromatic amines is 1. The van der Waals surface area contributed by atoms with Crippen molar-refractivity contribution in [3.63, 3.8) is 0 Å². The maximum Gasteiger partial charge on any atom is 0.323 e. The van der Waals surface area contributed by atoms with Gasteiger partial charge in [-0.05, 0) is 31.9 Å². The van der Waals surface area contributed by atoms with Crippen LogP contribution in [0.15, 0.2) is 24.3 Å². The van der Waals surface area contributed by atoms with E-state index in [0.29, 0.717) is 0 Å². The number of aromatic nitrogens is 1. The van der Waals surface area contributed by atoms with Crippen LogP contribution < -0.4 is 0 Å². The Morgan fingerprint density at radius 1 is 1.32 bits per heavy atom. The predicted molar refractivity (Wildman–Crippen MR) is 85.8 cm³/mol. The van der Waals surface area contributed by atoms with Crippen LogP contribution in [0.4, 0.5) is 0 Å². The zero-order chi connectivity index (χ0) is 16.3. The van der Waals surface area contributed by atoms with Crippen LogP contribution in [0, 0.1) is 6.92 Å². The van der Waals surface area contributed by atoms with Gasteiger partial charge >= 0.3 is 5.97 Å². The average Bonchev–Trinajstić information content (AvgIpc) is 2.80. The van der Waals surface area contributed by atoms with Crippen molar-refractivity contribution >= 4 is 22.8 Å². The lowest BCUT2D eigenvalue weighted by Crippen LogP contribution is -2.42. The minimum Gasteiger partial charge on any atom is -0.480 e. The second kappa shape index (κ2) is 6.64. The number of nitrogens with zero attached hydrogens (tertiary/aromatic N) is 1. The number of fused-ring (bicyclic) bond motifs is 1. The molecule has 0 radical (unpaired) electrons. The Morgan fingerprint density at radius 3 is 2.64 bits per heavy atom. The quantitative estimate of drug-likeness (QED) is 0.861. The number of nitrogens with one attached hydrogen (secondary N) is 1. The number of benzene rings is 1. The summed E-state index contributed by atoms with van der Waals surface area (Å²) in [7, 11) is 0. The van der Waals surface area contributed by atoms with Gasteiger partial charge in [-0.3, -0.25) is 9.59 Å². The van der Waals surface area contributed by atoms with Crippen molar-refractivity contribution in [2.45, 2.75) is 39.7 Å². The Balaban J connectivity index is 2.28. The van der Waals surface area contributed by atoms with Gasteiger partial charge in [-0.2, -0.15) is 0 Å². The van der Waals surface area contributed by atoms with Crippen LogP contribution in [0.2, 0.25) is 0 Å². The first-order valence-electron chi connectivity index (χ1n) is 7.51. The van der Waals surface area contributed by atoms with E-state index in [2.05, 4.69) is 4.98 Å². The van der Waals surface area contributed by atoms with E-state index in [9.17, 15) is 9.59 Å². The van der Waals surface area contributed by atoms with Crippen molar-refractivity contribution in [1.82, 2.24) is 9.88 Å². The summed E-state index contributed by atoms with van der Waals surface area (Å²) in [5.41, 5.74) is 2.89. The standard InChI is InChI=1S/C17H22N2O3/c1-4-11(2)19(10-17(21)22)16(20)9-14-12(3)18-15-8-6-5-7-13(14)15/h5-8,11,18H,4,9-10H2,1-3H3,(H,21,22). The topological polar surface area (TPSA) is 73.4 Å². The van der Waals surface area contributed by atoms with E-state index >= 15 is 0 Å². The second-order valence-corrected chi connectivity index (χ2v) is 5.62. The number of carbonyl (C=O) groups is 2. The monoisotopic (exact) mass is 302 g/mol. The van der Waals surface area contributed by atoms with E-state index < -0.39 is 5.97 Å². The van der Waals surface area contributed by atoms with Gasteiger partial charge in [0.05, 0.1) is 6.42 Å². The first kappa shape index (κ1) is 16.1. The molecule has 0 fully saturated rings. The van der Waals surface area contributed by atoms with Crippen LogP contribution in [0.5, 0.6) is 0 Å². The Labute approximate surface area is 129 Å². The molecule has 5 nitrogen and oxygen atoms in total. The third-order valence-electron chi connectivity index (χ3n) is 4.10. The van der Waals surface area contributed by atoms with Crippen molar-refractivity contribution in [2.24, 2.45) is 0 Å². The van der Waals surface area contributed by atoms with E-state index in [1.807, 2.05) is 45.0 Å². The molecule has 0 saturated carbocycles. The number of para-hydroxylation sites is 1. The van der Waals surface area contributed by atoms with Gasteiger partial charge in [0.15, 0.2) is 0 Å². The van der Waals surface area contributed by atoms with Gasteiger partial charge in [0, 0.05) is 22.6 Å². The smallest absolute Gasteiger partial charge is 0.323 e. The molecule has 22 heavy (non-hydrogen) atoms. The van der Waals surface area contributed by atoms with Gasteiger partial charge in [-0.15, -0.1) is 0 Å². The number of hydrogen-bond donors (Lipinski definition) is 2. The van der Waals surface area contributed by atoms with E-state index in [1.165, 1.54) is 4.90 Å². The molecule has 1 aromatic carbocycles. The summed E-state index contributed by atoms with van der Waals surface area (Å²) in [5, 5.41) is 10.1. The fourth-order valence-electron chi connectivity index (χ4n) is 2.67. The lowest BCUT2D eigenvalue weighted by atomic mass is 10.1. The van der Waals surface area contributed by atoms with E-state index in [1.54, 1.807) is 0 Å². The van der Waals surface area contributed by atoms with E-state index in [4.69, 9.17) is 5.11 Å². The van der Waals surface area contributed by atoms with E-state index in [-0.39, 0.29) is 24.9 Å². The van der Waals surface area contributed by atoms with Crippen LogP contribution in [0.3, 0.4) is 0 Å². The molecule has 2 N–H and O–H groups in total. The third-order valence-corrected chi connectivity index (χ3v) is 4.10. The summed E-state index contributed by atoms with van der Waals surface area (Å²) in [6, 6.07) is 7.74. The molecule has 0 aliphatic carbocycles. The van der Waals surface area contributed by atoms with Crippen LogP contribution in [0.1, 0.15) is 31.5 Å². The van der Waals surface area contributed by atoms with Gasteiger partial charge in [-0.25, -0.2) is 0 Å². The highest BCUT2D eigenvalue weighted by molar-refractivity contribution is 5.91. The minimum atomic E-state index is -0.982. The first-order chi connectivity index (χ1) is 10.4. The van der Waals surface area contributed by atoms with Gasteiger partial charge < -0.3 is 15.0 Å². The average molecular weight is 302 g/mol. The SMILES string of the molecule is CCC(C)N(CC(=O)O)C(=O)Cc1c(C)[nH]c2ccccc12.